The number of carbonyl (C=O) groups is 2. The molecule has 0 unspecified atom stereocenters. The van der Waals surface area contributed by atoms with E-state index in [-0.39, 0.29) is 11.8 Å². The molecule has 2 aromatic heterocycles. The maximum atomic E-state index is 12.0. The number of hydrogen-bond donors (Lipinski definition) is 2. The van der Waals surface area contributed by atoms with E-state index in [2.05, 4.69) is 20.6 Å². The van der Waals surface area contributed by atoms with Gasteiger partial charge in [-0.1, -0.05) is 12.1 Å². The van der Waals surface area contributed by atoms with Crippen LogP contribution in [-0.4, -0.2) is 40.8 Å². The minimum Gasteiger partial charge on any atom is -0.345 e. The van der Waals surface area contributed by atoms with Gasteiger partial charge in [0, 0.05) is 38.3 Å². The third kappa shape index (κ3) is 4.70. The third-order valence-electron chi connectivity index (χ3n) is 3.97. The average molecular weight is 375 g/mol. The summed E-state index contributed by atoms with van der Waals surface area (Å²) in [6.45, 7) is 1.45. The van der Waals surface area contributed by atoms with Crippen molar-refractivity contribution < 1.29 is 9.59 Å². The molecule has 0 aliphatic rings. The SMILES string of the molecule is CC(=O)Nc1cncc(Nc2ccc(-c3ccc(C(=O)N(C)C)cc3)cn2)c1. The highest BCUT2D eigenvalue weighted by atomic mass is 16.2. The molecule has 0 atom stereocenters. The molecule has 0 fully saturated rings. The first kappa shape index (κ1) is 19.0. The summed E-state index contributed by atoms with van der Waals surface area (Å²) >= 11 is 0. The van der Waals surface area contributed by atoms with E-state index >= 15 is 0 Å². The highest BCUT2D eigenvalue weighted by Crippen LogP contribution is 2.22. The van der Waals surface area contributed by atoms with E-state index in [4.69, 9.17) is 0 Å². The van der Waals surface area contributed by atoms with Gasteiger partial charge in [-0.3, -0.25) is 14.6 Å². The minimum absolute atomic E-state index is 0.0284. The van der Waals surface area contributed by atoms with Crippen molar-refractivity contribution in [3.05, 3.63) is 66.6 Å². The molecule has 0 saturated heterocycles. The number of pyridine rings is 2. The van der Waals surface area contributed by atoms with Crippen LogP contribution in [0.1, 0.15) is 17.3 Å². The molecule has 2 N–H and O–H groups in total. The van der Waals surface area contributed by atoms with Crippen molar-refractivity contribution in [3.63, 3.8) is 0 Å². The maximum absolute atomic E-state index is 12.0. The molecule has 2 heterocycles. The maximum Gasteiger partial charge on any atom is 0.253 e. The number of benzene rings is 1. The van der Waals surface area contributed by atoms with E-state index < -0.39 is 0 Å². The molecule has 1 aromatic carbocycles. The lowest BCUT2D eigenvalue weighted by Crippen LogP contribution is -2.21. The van der Waals surface area contributed by atoms with Gasteiger partial charge in [0.1, 0.15) is 5.82 Å². The number of amides is 2. The van der Waals surface area contributed by atoms with Crippen molar-refractivity contribution in [1.29, 1.82) is 0 Å². The van der Waals surface area contributed by atoms with Gasteiger partial charge in [0.2, 0.25) is 5.91 Å². The predicted octanol–water partition coefficient (Wildman–Crippen LogP) is 3.55. The van der Waals surface area contributed by atoms with E-state index in [1.54, 1.807) is 43.7 Å². The van der Waals surface area contributed by atoms with E-state index in [9.17, 15) is 9.59 Å². The summed E-state index contributed by atoms with van der Waals surface area (Å²) in [6, 6.07) is 13.0. The van der Waals surface area contributed by atoms with Gasteiger partial charge in [0.15, 0.2) is 0 Å². The van der Waals surface area contributed by atoms with Crippen LogP contribution < -0.4 is 10.6 Å². The Kier molecular flexibility index (Phi) is 5.64. The summed E-state index contributed by atoms with van der Waals surface area (Å²) in [4.78, 5) is 33.2. The Morgan fingerprint density at radius 2 is 1.57 bits per heavy atom. The van der Waals surface area contributed by atoms with Crippen LogP contribution in [0.5, 0.6) is 0 Å². The molecule has 28 heavy (non-hydrogen) atoms. The van der Waals surface area contributed by atoms with Crippen LogP contribution in [0.25, 0.3) is 11.1 Å². The third-order valence-corrected chi connectivity index (χ3v) is 3.97. The van der Waals surface area contributed by atoms with Gasteiger partial charge in [-0.25, -0.2) is 4.98 Å². The standard InChI is InChI=1S/C21H21N5O2/c1-14(27)24-18-10-19(13-22-12-18)25-20-9-8-17(11-23-20)15-4-6-16(7-5-15)21(28)26(2)3/h4-13H,1-3H3,(H,23,25)(H,24,27). The Bertz CT molecular complexity index is 982. The van der Waals surface area contributed by atoms with Gasteiger partial charge in [-0.05, 0) is 35.9 Å². The largest absolute Gasteiger partial charge is 0.345 e. The lowest BCUT2D eigenvalue weighted by atomic mass is 10.1. The van der Waals surface area contributed by atoms with Crippen LogP contribution in [0.3, 0.4) is 0 Å². The number of carbonyl (C=O) groups excluding carboxylic acids is 2. The lowest BCUT2D eigenvalue weighted by Gasteiger charge is -2.11. The second kappa shape index (κ2) is 8.30. The Labute approximate surface area is 163 Å². The molecule has 0 radical (unpaired) electrons. The van der Waals surface area contributed by atoms with Crippen molar-refractivity contribution in [2.45, 2.75) is 6.92 Å². The molecule has 142 valence electrons. The first-order valence-corrected chi connectivity index (χ1v) is 8.70. The summed E-state index contributed by atoms with van der Waals surface area (Å²) in [7, 11) is 3.46. The highest BCUT2D eigenvalue weighted by molar-refractivity contribution is 5.94. The normalized spacial score (nSPS) is 10.2. The van der Waals surface area contributed by atoms with Crippen molar-refractivity contribution >= 4 is 29.0 Å². The number of nitrogens with zero attached hydrogens (tertiary/aromatic N) is 3. The Morgan fingerprint density at radius 1 is 0.893 bits per heavy atom. The first-order valence-electron chi connectivity index (χ1n) is 8.70. The second-order valence-electron chi connectivity index (χ2n) is 6.48. The van der Waals surface area contributed by atoms with Crippen molar-refractivity contribution in [1.82, 2.24) is 14.9 Å². The summed E-state index contributed by atoms with van der Waals surface area (Å²) in [5, 5.41) is 5.85. The Hall–Kier alpha value is -3.74. The molecule has 7 heteroatoms. The molecule has 2 amide bonds. The monoisotopic (exact) mass is 375 g/mol. The number of hydrogen-bond acceptors (Lipinski definition) is 5. The summed E-state index contributed by atoms with van der Waals surface area (Å²) in [5.74, 6) is 0.476. The van der Waals surface area contributed by atoms with Crippen LogP contribution in [0.15, 0.2) is 61.1 Å². The fourth-order valence-electron chi connectivity index (χ4n) is 2.63. The summed E-state index contributed by atoms with van der Waals surface area (Å²) in [5.41, 5.74) is 3.90. The van der Waals surface area contributed by atoms with Crippen molar-refractivity contribution in [3.8, 4) is 11.1 Å². The van der Waals surface area contributed by atoms with Gasteiger partial charge in [-0.2, -0.15) is 0 Å². The minimum atomic E-state index is -0.153. The zero-order valence-electron chi connectivity index (χ0n) is 15.9. The summed E-state index contributed by atoms with van der Waals surface area (Å²) in [6.07, 6.45) is 4.99. The first-order chi connectivity index (χ1) is 13.4. The van der Waals surface area contributed by atoms with Gasteiger partial charge < -0.3 is 15.5 Å². The fraction of sp³-hybridized carbons (Fsp3) is 0.143. The molecule has 3 aromatic rings. The average Bonchev–Trinajstić information content (AvgIpc) is 2.68. The topological polar surface area (TPSA) is 87.2 Å². The molecule has 0 spiro atoms. The Balaban J connectivity index is 1.71. The van der Waals surface area contributed by atoms with E-state index in [0.717, 1.165) is 16.8 Å². The van der Waals surface area contributed by atoms with Gasteiger partial charge >= 0.3 is 0 Å². The zero-order chi connectivity index (χ0) is 20.1. The molecule has 0 bridgehead atoms. The summed E-state index contributed by atoms with van der Waals surface area (Å²) < 4.78 is 0. The number of anilines is 3. The molecular weight excluding hydrogens is 354 g/mol. The molecule has 0 saturated carbocycles. The van der Waals surface area contributed by atoms with E-state index in [0.29, 0.717) is 17.1 Å². The molecule has 3 rings (SSSR count). The van der Waals surface area contributed by atoms with E-state index in [1.807, 2.05) is 36.4 Å². The number of aromatic nitrogens is 2. The fourth-order valence-corrected chi connectivity index (χ4v) is 2.63. The van der Waals surface area contributed by atoms with Gasteiger partial charge in [0.25, 0.3) is 5.91 Å². The quantitative estimate of drug-likeness (QED) is 0.712. The predicted molar refractivity (Wildman–Crippen MR) is 110 cm³/mol. The van der Waals surface area contributed by atoms with Crippen LogP contribution in [0.2, 0.25) is 0 Å². The highest BCUT2D eigenvalue weighted by Gasteiger charge is 2.08. The molecule has 7 nitrogen and oxygen atoms in total. The lowest BCUT2D eigenvalue weighted by molar-refractivity contribution is -0.114. The zero-order valence-corrected chi connectivity index (χ0v) is 15.9. The van der Waals surface area contributed by atoms with Crippen LogP contribution in [-0.2, 0) is 4.79 Å². The molecular formula is C21H21N5O2. The van der Waals surface area contributed by atoms with Gasteiger partial charge in [0.05, 0.1) is 23.8 Å². The molecule has 0 aliphatic carbocycles. The van der Waals surface area contributed by atoms with Crippen molar-refractivity contribution in [2.24, 2.45) is 0 Å². The smallest absolute Gasteiger partial charge is 0.253 e. The number of nitrogens with one attached hydrogen (secondary N) is 2. The van der Waals surface area contributed by atoms with E-state index in [1.165, 1.54) is 6.92 Å². The molecule has 0 aliphatic heterocycles. The second-order valence-corrected chi connectivity index (χ2v) is 6.48. The Morgan fingerprint density at radius 3 is 2.18 bits per heavy atom. The van der Waals surface area contributed by atoms with Crippen molar-refractivity contribution in [2.75, 3.05) is 24.7 Å². The van der Waals surface area contributed by atoms with Crippen LogP contribution in [0.4, 0.5) is 17.2 Å². The number of rotatable bonds is 5. The van der Waals surface area contributed by atoms with Crippen LogP contribution >= 0.6 is 0 Å². The van der Waals surface area contributed by atoms with Crippen LogP contribution in [0, 0.1) is 0 Å². The van der Waals surface area contributed by atoms with Gasteiger partial charge in [-0.15, -0.1) is 0 Å².